The maximum Gasteiger partial charge on any atom is 0.222 e. The van der Waals surface area contributed by atoms with Gasteiger partial charge >= 0.3 is 0 Å². The molecule has 1 rings (SSSR count). The Labute approximate surface area is 86.3 Å². The lowest BCUT2D eigenvalue weighted by Crippen LogP contribution is -2.20. The van der Waals surface area contributed by atoms with E-state index in [0.29, 0.717) is 5.95 Å². The third-order valence-electron chi connectivity index (χ3n) is 1.66. The summed E-state index contributed by atoms with van der Waals surface area (Å²) in [7, 11) is 1.98. The molecule has 0 saturated carbocycles. The summed E-state index contributed by atoms with van der Waals surface area (Å²) in [5.74, 6) is 1.15. The second kappa shape index (κ2) is 4.41. The van der Waals surface area contributed by atoms with Gasteiger partial charge in [0.1, 0.15) is 5.82 Å². The summed E-state index contributed by atoms with van der Waals surface area (Å²) in [6.07, 6.45) is 2.75. The number of rotatable bonds is 3. The Morgan fingerprint density at radius 2 is 2.31 bits per heavy atom. The zero-order valence-corrected chi connectivity index (χ0v) is 9.37. The highest BCUT2D eigenvalue weighted by Crippen LogP contribution is 2.22. The monoisotopic (exact) mass is 244 g/mol. The molecule has 13 heavy (non-hydrogen) atoms. The van der Waals surface area contributed by atoms with E-state index >= 15 is 0 Å². The van der Waals surface area contributed by atoms with E-state index in [1.165, 1.54) is 0 Å². The number of nitrogens with two attached hydrogens (primary N) is 1. The Morgan fingerprint density at radius 3 is 2.92 bits per heavy atom. The summed E-state index contributed by atoms with van der Waals surface area (Å²) in [5.41, 5.74) is 5.49. The van der Waals surface area contributed by atoms with Crippen LogP contribution in [0.3, 0.4) is 0 Å². The molecule has 0 spiro atoms. The van der Waals surface area contributed by atoms with Gasteiger partial charge < -0.3 is 10.6 Å². The molecule has 4 nitrogen and oxygen atoms in total. The molecule has 0 aliphatic carbocycles. The van der Waals surface area contributed by atoms with E-state index in [4.69, 9.17) is 5.73 Å². The van der Waals surface area contributed by atoms with Gasteiger partial charge in [0.05, 0.1) is 4.47 Å². The fraction of sp³-hybridized carbons (Fsp3) is 0.500. The quantitative estimate of drug-likeness (QED) is 0.879. The summed E-state index contributed by atoms with van der Waals surface area (Å²) < 4.78 is 0.873. The van der Waals surface area contributed by atoms with Gasteiger partial charge in [0.25, 0.3) is 0 Å². The van der Waals surface area contributed by atoms with Crippen molar-refractivity contribution in [2.75, 3.05) is 24.2 Å². The molecule has 0 aliphatic rings. The number of halogens is 1. The van der Waals surface area contributed by atoms with Gasteiger partial charge in [-0.1, -0.05) is 6.92 Å². The number of nitrogens with zero attached hydrogens (tertiary/aromatic N) is 3. The van der Waals surface area contributed by atoms with Gasteiger partial charge in [-0.15, -0.1) is 0 Å². The van der Waals surface area contributed by atoms with Crippen molar-refractivity contribution in [1.29, 1.82) is 0 Å². The highest BCUT2D eigenvalue weighted by molar-refractivity contribution is 9.10. The first kappa shape index (κ1) is 10.2. The molecule has 72 valence electrons. The topological polar surface area (TPSA) is 55.0 Å². The molecule has 0 bridgehead atoms. The second-order valence-electron chi connectivity index (χ2n) is 2.82. The molecule has 0 atom stereocenters. The maximum absolute atomic E-state index is 5.49. The fourth-order valence-corrected chi connectivity index (χ4v) is 1.57. The summed E-state index contributed by atoms with van der Waals surface area (Å²) in [6.45, 7) is 3.07. The summed E-state index contributed by atoms with van der Waals surface area (Å²) >= 11 is 3.38. The lowest BCUT2D eigenvalue weighted by Gasteiger charge is -2.18. The minimum absolute atomic E-state index is 0.307. The van der Waals surface area contributed by atoms with Crippen LogP contribution in [0.5, 0.6) is 0 Å². The van der Waals surface area contributed by atoms with Crippen molar-refractivity contribution in [3.8, 4) is 0 Å². The van der Waals surface area contributed by atoms with Gasteiger partial charge in [0.15, 0.2) is 0 Å². The van der Waals surface area contributed by atoms with E-state index in [-0.39, 0.29) is 0 Å². The SMILES string of the molecule is CCCN(C)c1nc(N)ncc1Br. The van der Waals surface area contributed by atoms with Crippen molar-refractivity contribution in [3.05, 3.63) is 10.7 Å². The van der Waals surface area contributed by atoms with E-state index in [0.717, 1.165) is 23.3 Å². The van der Waals surface area contributed by atoms with Crippen LogP contribution in [-0.2, 0) is 0 Å². The largest absolute Gasteiger partial charge is 0.368 e. The molecule has 0 unspecified atom stereocenters. The zero-order valence-electron chi connectivity index (χ0n) is 7.79. The Morgan fingerprint density at radius 1 is 1.62 bits per heavy atom. The smallest absolute Gasteiger partial charge is 0.222 e. The van der Waals surface area contributed by atoms with E-state index < -0.39 is 0 Å². The Balaban J connectivity index is 2.91. The van der Waals surface area contributed by atoms with Gasteiger partial charge in [0.2, 0.25) is 5.95 Å². The van der Waals surface area contributed by atoms with E-state index in [1.54, 1.807) is 6.20 Å². The van der Waals surface area contributed by atoms with E-state index in [9.17, 15) is 0 Å². The van der Waals surface area contributed by atoms with Crippen molar-refractivity contribution in [1.82, 2.24) is 9.97 Å². The first-order chi connectivity index (χ1) is 6.15. The van der Waals surface area contributed by atoms with Crippen LogP contribution in [0, 0.1) is 0 Å². The Kier molecular flexibility index (Phi) is 3.48. The third kappa shape index (κ3) is 2.55. The average molecular weight is 245 g/mol. The van der Waals surface area contributed by atoms with Crippen LogP contribution in [0.1, 0.15) is 13.3 Å². The number of nitrogen functional groups attached to an aromatic ring is 1. The van der Waals surface area contributed by atoms with Crippen LogP contribution in [0.25, 0.3) is 0 Å². The van der Waals surface area contributed by atoms with Gasteiger partial charge in [-0.25, -0.2) is 4.98 Å². The standard InChI is InChI=1S/C8H13BrN4/c1-3-4-13(2)7-6(9)5-11-8(10)12-7/h5H,3-4H2,1-2H3,(H2,10,11,12). The van der Waals surface area contributed by atoms with Crippen molar-refractivity contribution >= 4 is 27.7 Å². The van der Waals surface area contributed by atoms with Crippen LogP contribution in [-0.4, -0.2) is 23.6 Å². The highest BCUT2D eigenvalue weighted by atomic mass is 79.9. The minimum atomic E-state index is 0.307. The molecule has 5 heteroatoms. The number of anilines is 2. The van der Waals surface area contributed by atoms with Gasteiger partial charge in [0, 0.05) is 19.8 Å². The molecule has 1 aromatic rings. The molecule has 0 aromatic carbocycles. The molecular formula is C8H13BrN4. The van der Waals surface area contributed by atoms with Crippen LogP contribution in [0.4, 0.5) is 11.8 Å². The maximum atomic E-state index is 5.49. The van der Waals surface area contributed by atoms with Gasteiger partial charge in [-0.2, -0.15) is 4.98 Å². The first-order valence-electron chi connectivity index (χ1n) is 4.14. The second-order valence-corrected chi connectivity index (χ2v) is 3.68. The fourth-order valence-electron chi connectivity index (χ4n) is 1.08. The predicted molar refractivity (Wildman–Crippen MR) is 57.7 cm³/mol. The molecule has 0 radical (unpaired) electrons. The third-order valence-corrected chi connectivity index (χ3v) is 2.22. The molecule has 0 fully saturated rings. The molecule has 1 heterocycles. The van der Waals surface area contributed by atoms with Crippen molar-refractivity contribution < 1.29 is 0 Å². The average Bonchev–Trinajstić information content (AvgIpc) is 2.09. The van der Waals surface area contributed by atoms with Crippen molar-refractivity contribution in [2.45, 2.75) is 13.3 Å². The zero-order chi connectivity index (χ0) is 9.84. The van der Waals surface area contributed by atoms with E-state index in [1.807, 2.05) is 11.9 Å². The predicted octanol–water partition coefficient (Wildman–Crippen LogP) is 1.67. The van der Waals surface area contributed by atoms with Crippen LogP contribution >= 0.6 is 15.9 Å². The first-order valence-corrected chi connectivity index (χ1v) is 4.93. The van der Waals surface area contributed by atoms with Crippen LogP contribution < -0.4 is 10.6 Å². The summed E-state index contributed by atoms with van der Waals surface area (Å²) in [4.78, 5) is 10.1. The molecule has 2 N–H and O–H groups in total. The molecule has 0 saturated heterocycles. The number of hydrogen-bond donors (Lipinski definition) is 1. The molecule has 0 amide bonds. The number of aromatic nitrogens is 2. The minimum Gasteiger partial charge on any atom is -0.368 e. The Bertz CT molecular complexity index is 289. The van der Waals surface area contributed by atoms with Crippen LogP contribution in [0.15, 0.2) is 10.7 Å². The van der Waals surface area contributed by atoms with E-state index in [2.05, 4.69) is 32.8 Å². The lowest BCUT2D eigenvalue weighted by atomic mass is 10.4. The van der Waals surface area contributed by atoms with Crippen LogP contribution in [0.2, 0.25) is 0 Å². The van der Waals surface area contributed by atoms with Gasteiger partial charge in [-0.05, 0) is 22.4 Å². The molecular weight excluding hydrogens is 232 g/mol. The molecule has 0 aliphatic heterocycles. The van der Waals surface area contributed by atoms with Gasteiger partial charge in [-0.3, -0.25) is 0 Å². The van der Waals surface area contributed by atoms with Crippen molar-refractivity contribution in [3.63, 3.8) is 0 Å². The lowest BCUT2D eigenvalue weighted by molar-refractivity contribution is 0.833. The number of hydrogen-bond acceptors (Lipinski definition) is 4. The van der Waals surface area contributed by atoms with Crippen molar-refractivity contribution in [2.24, 2.45) is 0 Å². The summed E-state index contributed by atoms with van der Waals surface area (Å²) in [6, 6.07) is 0. The normalized spacial score (nSPS) is 10.1. The Hall–Kier alpha value is -0.840. The summed E-state index contributed by atoms with van der Waals surface area (Å²) in [5, 5.41) is 0. The highest BCUT2D eigenvalue weighted by Gasteiger charge is 2.07. The molecule has 1 aromatic heterocycles.